The van der Waals surface area contributed by atoms with Gasteiger partial charge in [-0.1, -0.05) is 133 Å². The van der Waals surface area contributed by atoms with E-state index in [9.17, 15) is 0 Å². The summed E-state index contributed by atoms with van der Waals surface area (Å²) in [6.45, 7) is 0. The van der Waals surface area contributed by atoms with E-state index in [1.807, 2.05) is 48.5 Å². The number of aromatic nitrogens is 1. The average Bonchev–Trinajstić information content (AvgIpc) is 3.89. The van der Waals surface area contributed by atoms with Gasteiger partial charge in [-0.05, 0) is 123 Å². The highest BCUT2D eigenvalue weighted by Gasteiger charge is 2.18. The molecule has 276 valence electrons. The third-order valence-corrected chi connectivity index (χ3v) is 11.6. The van der Waals surface area contributed by atoms with Crippen LogP contribution in [0.5, 0.6) is 0 Å². The average molecular weight is 758 g/mol. The molecule has 2 heterocycles. The highest BCUT2D eigenvalue weighted by atomic mass is 16.3. The van der Waals surface area contributed by atoms with E-state index in [1.165, 1.54) is 16.3 Å². The Morgan fingerprint density at radius 3 is 1.90 bits per heavy atom. The van der Waals surface area contributed by atoms with Crippen LogP contribution in [0, 0.1) is 0 Å². The normalized spacial score (nSPS) is 12.9. The minimum absolute atomic E-state index is 0.170. The lowest BCUT2D eigenvalue weighted by molar-refractivity contribution is 0.672. The molecule has 0 saturated heterocycles. The summed E-state index contributed by atoms with van der Waals surface area (Å²) >= 11 is 0. The zero-order chi connectivity index (χ0) is 43.2. The molecule has 0 aliphatic rings. The number of hydrogen-bond donors (Lipinski definition) is 0. The summed E-state index contributed by atoms with van der Waals surface area (Å²) in [6.07, 6.45) is 0. The fraction of sp³-hybridized carbons (Fsp3) is 0. The van der Waals surface area contributed by atoms with Crippen molar-refractivity contribution < 1.29 is 11.3 Å². The molecule has 12 rings (SSSR count). The van der Waals surface area contributed by atoms with E-state index in [2.05, 4.69) is 149 Å². The number of furan rings is 1. The Labute approximate surface area is 348 Å². The van der Waals surface area contributed by atoms with Crippen LogP contribution >= 0.6 is 0 Å². The van der Waals surface area contributed by atoms with Crippen LogP contribution in [0.1, 0.15) is 6.85 Å². The maximum absolute atomic E-state index is 8.64. The zero-order valence-electron chi connectivity index (χ0n) is 36.7. The molecule has 0 radical (unpaired) electrons. The Morgan fingerprint density at radius 1 is 0.390 bits per heavy atom. The number of rotatable bonds is 6. The van der Waals surface area contributed by atoms with Crippen LogP contribution in [0.25, 0.3) is 93.2 Å². The predicted molar refractivity (Wildman–Crippen MR) is 249 cm³/mol. The van der Waals surface area contributed by atoms with Crippen molar-refractivity contribution in [2.45, 2.75) is 0 Å². The molecule has 0 aliphatic heterocycles. The first kappa shape index (κ1) is 28.5. The molecule has 0 spiro atoms. The summed E-state index contributed by atoms with van der Waals surface area (Å²) in [5.74, 6) is 0. The Hall–Kier alpha value is -7.88. The molecule has 2 aromatic heterocycles. The van der Waals surface area contributed by atoms with E-state index in [4.69, 9.17) is 11.3 Å². The van der Waals surface area contributed by atoms with Gasteiger partial charge in [0.15, 0.2) is 0 Å². The number of nitrogens with zero attached hydrogens (tertiary/aromatic N) is 2. The maximum Gasteiger partial charge on any atom is 0.143 e. The predicted octanol–water partition coefficient (Wildman–Crippen LogP) is 15.8. The van der Waals surface area contributed by atoms with Crippen molar-refractivity contribution >= 4 is 82.4 Å². The van der Waals surface area contributed by atoms with Gasteiger partial charge in [0.25, 0.3) is 0 Å². The molecule has 0 aliphatic carbocycles. The van der Waals surface area contributed by atoms with E-state index < -0.39 is 6.04 Å². The topological polar surface area (TPSA) is 21.3 Å². The van der Waals surface area contributed by atoms with Gasteiger partial charge in [-0.3, -0.25) is 0 Å². The molecule has 0 fully saturated rings. The Kier molecular flexibility index (Phi) is 6.46. The van der Waals surface area contributed by atoms with Crippen molar-refractivity contribution in [3.05, 3.63) is 218 Å². The van der Waals surface area contributed by atoms with Crippen molar-refractivity contribution in [3.8, 4) is 27.9 Å². The second-order valence-electron chi connectivity index (χ2n) is 15.0. The van der Waals surface area contributed by atoms with Crippen LogP contribution < -0.4 is 4.90 Å². The van der Waals surface area contributed by atoms with Gasteiger partial charge in [-0.25, -0.2) is 0 Å². The monoisotopic (exact) mass is 757 g/mol. The number of benzene rings is 10. The summed E-state index contributed by atoms with van der Waals surface area (Å²) in [4.78, 5) is 2.20. The van der Waals surface area contributed by atoms with Gasteiger partial charge >= 0.3 is 0 Å². The second-order valence-corrected chi connectivity index (χ2v) is 15.0. The highest BCUT2D eigenvalue weighted by molar-refractivity contribution is 6.16. The minimum atomic E-state index is -0.410. The van der Waals surface area contributed by atoms with E-state index >= 15 is 0 Å². The van der Waals surface area contributed by atoms with Crippen LogP contribution in [0.3, 0.4) is 0 Å². The molecule has 0 bridgehead atoms. The molecular formula is C56H36N2O. The van der Waals surface area contributed by atoms with E-state index in [1.54, 1.807) is 0 Å². The highest BCUT2D eigenvalue weighted by Crippen LogP contribution is 2.42. The fourth-order valence-electron chi connectivity index (χ4n) is 8.81. The van der Waals surface area contributed by atoms with Gasteiger partial charge in [0.05, 0.1) is 17.9 Å². The molecule has 12 aromatic rings. The van der Waals surface area contributed by atoms with Crippen molar-refractivity contribution in [2.24, 2.45) is 0 Å². The molecule has 10 aromatic carbocycles. The lowest BCUT2D eigenvalue weighted by Gasteiger charge is -2.26. The fourth-order valence-corrected chi connectivity index (χ4v) is 8.81. The summed E-state index contributed by atoms with van der Waals surface area (Å²) in [6, 6.07) is 63.7. The van der Waals surface area contributed by atoms with Gasteiger partial charge in [-0.15, -0.1) is 0 Å². The van der Waals surface area contributed by atoms with E-state index in [-0.39, 0.29) is 29.7 Å². The molecular weight excluding hydrogens is 717 g/mol. The second kappa shape index (κ2) is 13.4. The summed E-state index contributed by atoms with van der Waals surface area (Å²) in [5.41, 5.74) is 10.7. The molecule has 3 nitrogen and oxygen atoms in total. The molecule has 3 heteroatoms. The van der Waals surface area contributed by atoms with Gasteiger partial charge < -0.3 is 13.9 Å². The third-order valence-electron chi connectivity index (χ3n) is 11.6. The first-order valence-corrected chi connectivity index (χ1v) is 19.7. The van der Waals surface area contributed by atoms with Crippen molar-refractivity contribution in [3.63, 3.8) is 0 Å². The number of fused-ring (bicyclic) bond motifs is 9. The number of hydrogen-bond acceptors (Lipinski definition) is 2. The Balaban J connectivity index is 1.01. The van der Waals surface area contributed by atoms with Crippen LogP contribution in [0.15, 0.2) is 223 Å². The molecule has 0 amide bonds. The number of anilines is 3. The smallest absolute Gasteiger partial charge is 0.143 e. The van der Waals surface area contributed by atoms with Crippen LogP contribution in [0.2, 0.25) is 0 Å². The zero-order valence-corrected chi connectivity index (χ0v) is 31.7. The van der Waals surface area contributed by atoms with E-state index in [0.29, 0.717) is 5.56 Å². The Bertz CT molecular complexity index is 3830. The summed E-state index contributed by atoms with van der Waals surface area (Å²) in [7, 11) is 0. The maximum atomic E-state index is 8.64. The lowest BCUT2D eigenvalue weighted by atomic mass is 9.98. The van der Waals surface area contributed by atoms with Gasteiger partial charge in [0.1, 0.15) is 11.2 Å². The standard InChI is InChI=1S/C56H36N2O/c1-3-11-37(12-4-1)38-21-27-45(28-22-38)57(47-30-24-40-25-31-50-49-16-8-10-18-55(49)59-56(50)51(40)36-47)46-29-23-39-19-20-41(33-43(39)34-46)42-26-32-54-52(35-42)48-15-7-9-17-53(48)58(54)44-13-5-2-6-14-44/h1-36H/i1D,3D,4D,11D,12D. The Morgan fingerprint density at radius 2 is 1.03 bits per heavy atom. The first-order valence-electron chi connectivity index (χ1n) is 22.2. The summed E-state index contributed by atoms with van der Waals surface area (Å²) < 4.78 is 50.8. The molecule has 0 N–H and O–H groups in total. The lowest BCUT2D eigenvalue weighted by Crippen LogP contribution is -2.10. The number of para-hydroxylation sites is 3. The molecule has 0 unspecified atom stereocenters. The first-order chi connectivity index (χ1) is 31.3. The third kappa shape index (κ3) is 5.51. The molecule has 59 heavy (non-hydrogen) atoms. The quantitative estimate of drug-likeness (QED) is 0.168. The van der Waals surface area contributed by atoms with E-state index in [0.717, 1.165) is 82.9 Å². The van der Waals surface area contributed by atoms with Gasteiger partial charge in [0.2, 0.25) is 0 Å². The van der Waals surface area contributed by atoms with Crippen molar-refractivity contribution in [2.75, 3.05) is 4.90 Å². The van der Waals surface area contributed by atoms with Crippen LogP contribution in [0.4, 0.5) is 17.1 Å². The SMILES string of the molecule is [2H]c1c([2H])c([2H])c(-c2ccc(N(c3ccc4ccc(-c5ccc6c(c5)c5ccccc5n6-c5ccccc5)cc4c3)c3ccc4ccc5c6ccccc6oc5c4c3)cc2)c([2H])c1[2H]. The summed E-state index contributed by atoms with van der Waals surface area (Å²) in [5, 5.41) is 8.73. The van der Waals surface area contributed by atoms with Gasteiger partial charge in [0, 0.05) is 49.7 Å². The van der Waals surface area contributed by atoms with Crippen LogP contribution in [-0.2, 0) is 0 Å². The molecule has 0 atom stereocenters. The minimum Gasteiger partial charge on any atom is -0.455 e. The largest absolute Gasteiger partial charge is 0.455 e. The van der Waals surface area contributed by atoms with Crippen LogP contribution in [-0.4, -0.2) is 4.57 Å². The molecule has 0 saturated carbocycles. The van der Waals surface area contributed by atoms with Gasteiger partial charge in [-0.2, -0.15) is 0 Å². The van der Waals surface area contributed by atoms with Crippen molar-refractivity contribution in [1.29, 1.82) is 0 Å². The van der Waals surface area contributed by atoms with Crippen molar-refractivity contribution in [1.82, 2.24) is 4.57 Å².